The van der Waals surface area contributed by atoms with Crippen LogP contribution >= 0.6 is 0 Å². The molecule has 196 valence electrons. The van der Waals surface area contributed by atoms with Gasteiger partial charge in [-0.05, 0) is 44.5 Å². The standard InChI is InChI=1S/C29H35N3O5/c1-4-37-27(34)10-7-19-32-24-9-6-5-8-22(24)29(2,3)25(32)17-13-20-11-14-21(15-12-20)31-26(33)18-16-23(30)28(35)36/h5-6,8-9,11-15,17,23H,4,7,10,16,18-19,30H2,1-3H3,(H,35,36)/p+2. The second kappa shape index (κ2) is 12.5. The number of anilines is 1. The first-order valence-electron chi connectivity index (χ1n) is 12.7. The Morgan fingerprint density at radius 2 is 1.78 bits per heavy atom. The molecule has 0 bridgehead atoms. The number of hydrogen-bond donors (Lipinski definition) is 3. The van der Waals surface area contributed by atoms with Crippen molar-refractivity contribution in [1.82, 2.24) is 0 Å². The SMILES string of the molecule is CCOC(=O)CCC[N+]1=C(C=Cc2ccc(NC(=O)CCC([NH3+])C(=O)O)cc2)C(C)(C)c2ccccc21. The molecule has 5 N–H and O–H groups in total. The van der Waals surface area contributed by atoms with Crippen LogP contribution in [0.4, 0.5) is 11.4 Å². The highest BCUT2D eigenvalue weighted by Crippen LogP contribution is 2.40. The second-order valence-electron chi connectivity index (χ2n) is 9.66. The van der Waals surface area contributed by atoms with Crippen molar-refractivity contribution in [3.8, 4) is 0 Å². The summed E-state index contributed by atoms with van der Waals surface area (Å²) in [6.07, 6.45) is 5.53. The Morgan fingerprint density at radius 3 is 2.46 bits per heavy atom. The summed E-state index contributed by atoms with van der Waals surface area (Å²) in [5, 5.41) is 11.7. The third kappa shape index (κ3) is 7.13. The van der Waals surface area contributed by atoms with Crippen LogP contribution in [0.5, 0.6) is 0 Å². The van der Waals surface area contributed by atoms with Crippen molar-refractivity contribution in [2.45, 2.75) is 57.9 Å². The molecule has 0 fully saturated rings. The average molecular weight is 508 g/mol. The minimum atomic E-state index is -1.01. The molecule has 0 spiro atoms. The molecule has 1 unspecified atom stereocenters. The summed E-state index contributed by atoms with van der Waals surface area (Å²) in [5.41, 5.74) is 8.51. The van der Waals surface area contributed by atoms with Gasteiger partial charge in [0.05, 0.1) is 18.4 Å². The minimum Gasteiger partial charge on any atom is -0.477 e. The second-order valence-corrected chi connectivity index (χ2v) is 9.66. The van der Waals surface area contributed by atoms with Crippen LogP contribution in [0.25, 0.3) is 6.08 Å². The van der Waals surface area contributed by atoms with Gasteiger partial charge in [-0.3, -0.25) is 9.59 Å². The van der Waals surface area contributed by atoms with Crippen LogP contribution in [0, 0.1) is 0 Å². The summed E-state index contributed by atoms with van der Waals surface area (Å²) >= 11 is 0. The summed E-state index contributed by atoms with van der Waals surface area (Å²) in [7, 11) is 0. The first-order valence-corrected chi connectivity index (χ1v) is 12.7. The number of carbonyl (C=O) groups is 3. The van der Waals surface area contributed by atoms with Gasteiger partial charge in [0.25, 0.3) is 0 Å². The number of hydrogen-bond acceptors (Lipinski definition) is 4. The number of para-hydroxylation sites is 1. The van der Waals surface area contributed by atoms with Gasteiger partial charge in [0.2, 0.25) is 11.6 Å². The summed E-state index contributed by atoms with van der Waals surface area (Å²) < 4.78 is 7.37. The number of benzene rings is 2. The van der Waals surface area contributed by atoms with Crippen LogP contribution in [-0.2, 0) is 24.5 Å². The van der Waals surface area contributed by atoms with E-state index in [0.717, 1.165) is 17.0 Å². The predicted molar refractivity (Wildman–Crippen MR) is 143 cm³/mol. The molecule has 8 heteroatoms. The van der Waals surface area contributed by atoms with E-state index in [1.807, 2.05) is 43.3 Å². The lowest BCUT2D eigenvalue weighted by Crippen LogP contribution is -2.65. The Balaban J connectivity index is 1.73. The van der Waals surface area contributed by atoms with Crippen molar-refractivity contribution in [3.63, 3.8) is 0 Å². The number of allylic oxidation sites excluding steroid dienone is 1. The number of carboxylic acid groups (broad SMARTS) is 1. The zero-order valence-electron chi connectivity index (χ0n) is 21.8. The molecule has 1 atom stereocenters. The number of quaternary nitrogens is 1. The van der Waals surface area contributed by atoms with Crippen molar-refractivity contribution < 1.29 is 34.5 Å². The van der Waals surface area contributed by atoms with Gasteiger partial charge in [-0.1, -0.05) is 30.3 Å². The van der Waals surface area contributed by atoms with Gasteiger partial charge >= 0.3 is 11.9 Å². The summed E-state index contributed by atoms with van der Waals surface area (Å²) in [4.78, 5) is 34.8. The number of fused-ring (bicyclic) bond motifs is 1. The molecule has 0 aromatic heterocycles. The van der Waals surface area contributed by atoms with E-state index in [1.54, 1.807) is 0 Å². The number of nitrogens with zero attached hydrogens (tertiary/aromatic N) is 1. The highest BCUT2D eigenvalue weighted by atomic mass is 16.5. The number of aliphatic carboxylic acids is 1. The van der Waals surface area contributed by atoms with E-state index < -0.39 is 12.0 Å². The van der Waals surface area contributed by atoms with Gasteiger partial charge in [-0.15, -0.1) is 0 Å². The fourth-order valence-electron chi connectivity index (χ4n) is 4.50. The number of ether oxygens (including phenoxy) is 1. The molecule has 0 radical (unpaired) electrons. The van der Waals surface area contributed by atoms with Crippen molar-refractivity contribution >= 4 is 41.0 Å². The Labute approximate surface area is 217 Å². The Bertz CT molecular complexity index is 1200. The van der Waals surface area contributed by atoms with E-state index in [0.29, 0.717) is 31.7 Å². The maximum Gasteiger partial charge on any atom is 0.362 e. The topological polar surface area (TPSA) is 123 Å². The fraction of sp³-hybridized carbons (Fsp3) is 0.379. The maximum atomic E-state index is 12.1. The van der Waals surface area contributed by atoms with Crippen LogP contribution in [0.1, 0.15) is 57.6 Å². The van der Waals surface area contributed by atoms with Gasteiger partial charge in [0, 0.05) is 42.7 Å². The normalized spacial score (nSPS) is 14.9. The number of nitrogens with one attached hydrogen (secondary N) is 1. The van der Waals surface area contributed by atoms with E-state index in [2.05, 4.69) is 53.7 Å². The third-order valence-corrected chi connectivity index (χ3v) is 6.56. The lowest BCUT2D eigenvalue weighted by Gasteiger charge is -2.15. The van der Waals surface area contributed by atoms with Crippen LogP contribution < -0.4 is 11.1 Å². The van der Waals surface area contributed by atoms with Crippen molar-refractivity contribution in [2.24, 2.45) is 0 Å². The van der Waals surface area contributed by atoms with Gasteiger partial charge < -0.3 is 20.9 Å². The third-order valence-electron chi connectivity index (χ3n) is 6.56. The van der Waals surface area contributed by atoms with Gasteiger partial charge in [-0.2, -0.15) is 4.58 Å². The number of carboxylic acids is 1. The maximum absolute atomic E-state index is 12.1. The van der Waals surface area contributed by atoms with Crippen LogP contribution in [0.2, 0.25) is 0 Å². The molecule has 8 nitrogen and oxygen atoms in total. The summed E-state index contributed by atoms with van der Waals surface area (Å²) in [5.74, 6) is -1.42. The quantitative estimate of drug-likeness (QED) is 0.300. The first kappa shape index (κ1) is 27.8. The first-order chi connectivity index (χ1) is 17.6. The van der Waals surface area contributed by atoms with Crippen molar-refractivity contribution in [1.29, 1.82) is 0 Å². The highest BCUT2D eigenvalue weighted by Gasteiger charge is 2.43. The van der Waals surface area contributed by atoms with E-state index in [1.165, 1.54) is 5.56 Å². The zero-order chi connectivity index (χ0) is 27.0. The molecule has 37 heavy (non-hydrogen) atoms. The predicted octanol–water partition coefficient (Wildman–Crippen LogP) is 3.53. The molecule has 0 aliphatic carbocycles. The molecular weight excluding hydrogens is 470 g/mol. The molecule has 0 saturated heterocycles. The summed E-state index contributed by atoms with van der Waals surface area (Å²) in [6, 6.07) is 15.1. The molecule has 1 aliphatic rings. The number of carbonyl (C=O) groups excluding carboxylic acids is 2. The molecule has 3 rings (SSSR count). The minimum absolute atomic E-state index is 0.0993. The van der Waals surface area contributed by atoms with E-state index >= 15 is 0 Å². The summed E-state index contributed by atoms with van der Waals surface area (Å²) in [6.45, 7) is 7.32. The lowest BCUT2D eigenvalue weighted by atomic mass is 9.81. The molecule has 2 aromatic rings. The largest absolute Gasteiger partial charge is 0.477 e. The molecule has 1 heterocycles. The van der Waals surface area contributed by atoms with E-state index in [-0.39, 0.29) is 30.1 Å². The van der Waals surface area contributed by atoms with Gasteiger partial charge in [0.15, 0.2) is 11.8 Å². The zero-order valence-corrected chi connectivity index (χ0v) is 21.8. The highest BCUT2D eigenvalue weighted by molar-refractivity contribution is 6.05. The van der Waals surface area contributed by atoms with E-state index in [4.69, 9.17) is 9.84 Å². The number of rotatable bonds is 12. The monoisotopic (exact) mass is 507 g/mol. The lowest BCUT2D eigenvalue weighted by molar-refractivity contribution is -0.438. The molecule has 1 amide bonds. The van der Waals surface area contributed by atoms with Crippen LogP contribution in [0.3, 0.4) is 0 Å². The Kier molecular flexibility index (Phi) is 9.36. The van der Waals surface area contributed by atoms with Crippen LogP contribution in [-0.4, -0.2) is 52.4 Å². The molecular formula is C29H37N3O5+2. The molecule has 2 aromatic carbocycles. The fourth-order valence-corrected chi connectivity index (χ4v) is 4.50. The van der Waals surface area contributed by atoms with E-state index in [9.17, 15) is 14.4 Å². The van der Waals surface area contributed by atoms with Gasteiger partial charge in [0.1, 0.15) is 6.54 Å². The molecule has 1 aliphatic heterocycles. The van der Waals surface area contributed by atoms with Crippen LogP contribution in [0.15, 0.2) is 54.6 Å². The smallest absolute Gasteiger partial charge is 0.362 e. The Morgan fingerprint density at radius 1 is 1.08 bits per heavy atom. The van der Waals surface area contributed by atoms with Gasteiger partial charge in [-0.25, -0.2) is 4.79 Å². The number of amides is 1. The number of esters is 1. The average Bonchev–Trinajstić information content (AvgIpc) is 3.08. The van der Waals surface area contributed by atoms with Crippen molar-refractivity contribution in [2.75, 3.05) is 18.5 Å². The Hall–Kier alpha value is -3.78. The molecule has 0 saturated carbocycles. The van der Waals surface area contributed by atoms with Crippen molar-refractivity contribution in [3.05, 3.63) is 65.7 Å².